The third kappa shape index (κ3) is 3.68. The third-order valence-electron chi connectivity index (χ3n) is 4.01. The van der Waals surface area contributed by atoms with Gasteiger partial charge in [0.1, 0.15) is 18.2 Å². The predicted molar refractivity (Wildman–Crippen MR) is 91.9 cm³/mol. The summed E-state index contributed by atoms with van der Waals surface area (Å²) in [5, 5.41) is 3.21. The summed E-state index contributed by atoms with van der Waals surface area (Å²) in [7, 11) is 0. The summed E-state index contributed by atoms with van der Waals surface area (Å²) < 4.78 is 19.3. The minimum atomic E-state index is -0.357. The first-order chi connectivity index (χ1) is 11.6. The number of ether oxygens (including phenoxy) is 1. The van der Waals surface area contributed by atoms with E-state index < -0.39 is 0 Å². The number of hydrogen-bond acceptors (Lipinski definition) is 3. The van der Waals surface area contributed by atoms with Crippen molar-refractivity contribution in [2.75, 3.05) is 18.5 Å². The summed E-state index contributed by atoms with van der Waals surface area (Å²) >= 11 is 6.06. The van der Waals surface area contributed by atoms with Crippen LogP contribution in [0, 0.1) is 11.7 Å². The van der Waals surface area contributed by atoms with Crippen LogP contribution < -0.4 is 15.8 Å². The first-order valence-corrected chi connectivity index (χ1v) is 8.15. The van der Waals surface area contributed by atoms with Gasteiger partial charge >= 0.3 is 0 Å². The molecule has 0 radical (unpaired) electrons. The average Bonchev–Trinajstić information content (AvgIpc) is 3.34. The van der Waals surface area contributed by atoms with Crippen LogP contribution >= 0.6 is 11.6 Å². The van der Waals surface area contributed by atoms with Crippen LogP contribution in [0.25, 0.3) is 0 Å². The first kappa shape index (κ1) is 16.7. The highest BCUT2D eigenvalue weighted by Crippen LogP contribution is 2.50. The van der Waals surface area contributed by atoms with Crippen molar-refractivity contribution in [3.63, 3.8) is 0 Å². The molecule has 1 aliphatic carbocycles. The van der Waals surface area contributed by atoms with E-state index in [1.807, 2.05) is 0 Å². The molecule has 3 N–H and O–H groups in total. The molecular weight excluding hydrogens is 331 g/mol. The normalized spacial score (nSPS) is 19.0. The van der Waals surface area contributed by atoms with E-state index in [4.69, 9.17) is 22.1 Å². The van der Waals surface area contributed by atoms with Crippen LogP contribution in [0.5, 0.6) is 5.75 Å². The molecule has 4 nitrogen and oxygen atoms in total. The number of rotatable bonds is 6. The van der Waals surface area contributed by atoms with Crippen LogP contribution in [0.1, 0.15) is 17.9 Å². The van der Waals surface area contributed by atoms with Gasteiger partial charge in [-0.1, -0.05) is 17.7 Å². The van der Waals surface area contributed by atoms with Gasteiger partial charge in [-0.3, -0.25) is 4.79 Å². The highest BCUT2D eigenvalue weighted by molar-refractivity contribution is 6.31. The zero-order valence-corrected chi connectivity index (χ0v) is 13.7. The summed E-state index contributed by atoms with van der Waals surface area (Å²) in [6, 6.07) is 11.6. The lowest BCUT2D eigenvalue weighted by molar-refractivity contribution is -0.117. The monoisotopic (exact) mass is 348 g/mol. The Kier molecular flexibility index (Phi) is 5.02. The van der Waals surface area contributed by atoms with E-state index in [0.29, 0.717) is 41.6 Å². The van der Waals surface area contributed by atoms with Crippen molar-refractivity contribution >= 4 is 23.2 Å². The van der Waals surface area contributed by atoms with Crippen LogP contribution in [-0.2, 0) is 4.79 Å². The van der Waals surface area contributed by atoms with Gasteiger partial charge in [-0.15, -0.1) is 0 Å². The molecule has 0 aliphatic heterocycles. The average molecular weight is 349 g/mol. The Morgan fingerprint density at radius 3 is 2.71 bits per heavy atom. The van der Waals surface area contributed by atoms with Gasteiger partial charge < -0.3 is 15.8 Å². The highest BCUT2D eigenvalue weighted by atomic mass is 35.5. The Labute approximate surface area is 144 Å². The largest absolute Gasteiger partial charge is 0.492 e. The van der Waals surface area contributed by atoms with E-state index in [9.17, 15) is 9.18 Å². The summed E-state index contributed by atoms with van der Waals surface area (Å²) in [4.78, 5) is 12.3. The molecule has 0 heterocycles. The van der Waals surface area contributed by atoms with Crippen molar-refractivity contribution in [1.82, 2.24) is 0 Å². The van der Waals surface area contributed by atoms with Gasteiger partial charge in [-0.25, -0.2) is 4.39 Å². The van der Waals surface area contributed by atoms with Crippen molar-refractivity contribution in [2.45, 2.75) is 12.3 Å². The molecule has 3 rings (SSSR count). The Hall–Kier alpha value is -2.11. The number of hydrogen-bond donors (Lipinski definition) is 2. The Morgan fingerprint density at radius 1 is 1.29 bits per heavy atom. The molecule has 0 spiro atoms. The minimum Gasteiger partial charge on any atom is -0.492 e. The van der Waals surface area contributed by atoms with Crippen LogP contribution in [-0.4, -0.2) is 19.1 Å². The maximum Gasteiger partial charge on any atom is 0.228 e. The lowest BCUT2D eigenvalue weighted by atomic mass is 10.1. The first-order valence-electron chi connectivity index (χ1n) is 7.78. The standard InChI is InChI=1S/C18H18ClFN2O2/c19-15-2-1-3-16(20)17(15)13-10-14(13)18(23)22-11-4-6-12(7-5-11)24-9-8-21/h1-7,13-14H,8-10,21H2,(H,22,23). The van der Waals surface area contributed by atoms with Crippen LogP contribution in [0.4, 0.5) is 10.1 Å². The zero-order valence-electron chi connectivity index (χ0n) is 13.0. The molecule has 0 saturated heterocycles. The molecule has 1 aliphatic rings. The minimum absolute atomic E-state index is 0.130. The fraction of sp³-hybridized carbons (Fsp3) is 0.278. The number of benzene rings is 2. The van der Waals surface area contributed by atoms with Crippen molar-refractivity contribution in [3.8, 4) is 5.75 Å². The molecule has 1 amide bonds. The third-order valence-corrected chi connectivity index (χ3v) is 4.34. The zero-order chi connectivity index (χ0) is 17.1. The quantitative estimate of drug-likeness (QED) is 0.839. The van der Waals surface area contributed by atoms with Crippen LogP contribution in [0.2, 0.25) is 5.02 Å². The maximum atomic E-state index is 13.9. The van der Waals surface area contributed by atoms with E-state index in [0.717, 1.165) is 0 Å². The molecule has 1 fully saturated rings. The molecule has 2 atom stereocenters. The van der Waals surface area contributed by atoms with E-state index in [-0.39, 0.29) is 23.6 Å². The van der Waals surface area contributed by atoms with Crippen molar-refractivity contribution < 1.29 is 13.9 Å². The number of amides is 1. The molecule has 2 unspecified atom stereocenters. The van der Waals surface area contributed by atoms with E-state index >= 15 is 0 Å². The molecular formula is C18H18ClFN2O2. The van der Waals surface area contributed by atoms with Crippen molar-refractivity contribution in [2.24, 2.45) is 11.7 Å². The molecule has 6 heteroatoms. The number of carbonyl (C=O) groups excluding carboxylic acids is 1. The number of nitrogens with one attached hydrogen (secondary N) is 1. The second-order valence-electron chi connectivity index (χ2n) is 5.73. The molecule has 24 heavy (non-hydrogen) atoms. The van der Waals surface area contributed by atoms with Crippen LogP contribution in [0.3, 0.4) is 0 Å². The summed E-state index contributed by atoms with van der Waals surface area (Å²) in [5.74, 6) is -0.210. The Bertz CT molecular complexity index is 716. The van der Waals surface area contributed by atoms with Gasteiger partial charge in [0.2, 0.25) is 5.91 Å². The van der Waals surface area contributed by atoms with Gasteiger partial charge in [0.05, 0.1) is 0 Å². The van der Waals surface area contributed by atoms with Gasteiger partial charge in [-0.2, -0.15) is 0 Å². The number of anilines is 1. The number of nitrogens with two attached hydrogens (primary N) is 1. The summed E-state index contributed by atoms with van der Waals surface area (Å²) in [5.41, 5.74) is 6.48. The molecule has 2 aromatic rings. The lowest BCUT2D eigenvalue weighted by Gasteiger charge is -2.08. The lowest BCUT2D eigenvalue weighted by Crippen LogP contribution is -2.15. The molecule has 2 aromatic carbocycles. The predicted octanol–water partition coefficient (Wildman–Crippen LogP) is 3.56. The topological polar surface area (TPSA) is 64.3 Å². The Morgan fingerprint density at radius 2 is 2.04 bits per heavy atom. The van der Waals surface area contributed by atoms with Crippen molar-refractivity contribution in [1.29, 1.82) is 0 Å². The smallest absolute Gasteiger partial charge is 0.228 e. The Balaban J connectivity index is 1.61. The molecule has 126 valence electrons. The molecule has 0 bridgehead atoms. The summed E-state index contributed by atoms with van der Waals surface area (Å²) in [6.07, 6.45) is 0.601. The van der Waals surface area contributed by atoms with Gasteiger partial charge in [0.25, 0.3) is 0 Å². The highest BCUT2D eigenvalue weighted by Gasteiger charge is 2.46. The number of carbonyl (C=O) groups is 1. The van der Waals surface area contributed by atoms with E-state index in [2.05, 4.69) is 5.32 Å². The summed E-state index contributed by atoms with van der Waals surface area (Å²) in [6.45, 7) is 0.888. The second kappa shape index (κ2) is 7.20. The van der Waals surface area contributed by atoms with E-state index in [1.54, 1.807) is 36.4 Å². The van der Waals surface area contributed by atoms with Gasteiger partial charge in [0, 0.05) is 34.7 Å². The van der Waals surface area contributed by atoms with Gasteiger partial charge in [0.15, 0.2) is 0 Å². The fourth-order valence-electron chi connectivity index (χ4n) is 2.71. The van der Waals surface area contributed by atoms with Crippen LogP contribution in [0.15, 0.2) is 42.5 Å². The second-order valence-corrected chi connectivity index (χ2v) is 6.14. The van der Waals surface area contributed by atoms with E-state index in [1.165, 1.54) is 6.07 Å². The van der Waals surface area contributed by atoms with Crippen molar-refractivity contribution in [3.05, 3.63) is 58.9 Å². The SMILES string of the molecule is NCCOc1ccc(NC(=O)C2CC2c2c(F)cccc2Cl)cc1. The fourth-order valence-corrected chi connectivity index (χ4v) is 3.02. The molecule has 1 saturated carbocycles. The molecule has 0 aromatic heterocycles. The number of halogens is 2. The van der Waals surface area contributed by atoms with Gasteiger partial charge in [-0.05, 0) is 42.8 Å². The maximum absolute atomic E-state index is 13.9.